The summed E-state index contributed by atoms with van der Waals surface area (Å²) in [5, 5.41) is 1.19. The number of esters is 1. The molecule has 1 aromatic carbocycles. The van der Waals surface area contributed by atoms with Gasteiger partial charge in [0.05, 0.1) is 13.2 Å². The van der Waals surface area contributed by atoms with E-state index < -0.39 is 5.41 Å². The lowest BCUT2D eigenvalue weighted by Crippen LogP contribution is -2.69. The van der Waals surface area contributed by atoms with Crippen molar-refractivity contribution in [2.24, 2.45) is 11.8 Å². The molecule has 5 bridgehead atoms. The van der Waals surface area contributed by atoms with E-state index in [9.17, 15) is 4.79 Å². The molecule has 7 rings (SSSR count). The lowest BCUT2D eigenvalue weighted by atomic mass is 9.55. The Morgan fingerprint density at radius 2 is 2.27 bits per heavy atom. The number of benzene rings is 1. The Morgan fingerprint density at radius 3 is 3.08 bits per heavy atom. The van der Waals surface area contributed by atoms with Gasteiger partial charge in [-0.15, -0.1) is 0 Å². The van der Waals surface area contributed by atoms with Crippen LogP contribution in [0.2, 0.25) is 0 Å². The highest BCUT2D eigenvalue weighted by molar-refractivity contribution is 5.92. The summed E-state index contributed by atoms with van der Waals surface area (Å²) in [7, 11) is 1.54. The SMILES string of the molecule is CC[C@H]1C[C@@H]2C[C@@]3(C(=O)OC)c4[nH]c5ccccc5c4[C@@H]4CN([C@@H]13)[C@H]2O4. The van der Waals surface area contributed by atoms with Gasteiger partial charge in [0, 0.05) is 40.7 Å². The van der Waals surface area contributed by atoms with Crippen molar-refractivity contribution in [3.63, 3.8) is 0 Å². The van der Waals surface area contributed by atoms with E-state index in [1.54, 1.807) is 0 Å². The molecule has 1 unspecified atom stereocenters. The number of nitrogens with one attached hydrogen (secondary N) is 1. The second kappa shape index (κ2) is 4.90. The molecule has 7 atom stereocenters. The minimum atomic E-state index is -0.596. The minimum Gasteiger partial charge on any atom is -0.468 e. The molecule has 1 aromatic heterocycles. The molecule has 3 saturated heterocycles. The summed E-state index contributed by atoms with van der Waals surface area (Å²) >= 11 is 0. The molecule has 4 fully saturated rings. The molecule has 2 aromatic rings. The van der Waals surface area contributed by atoms with Crippen molar-refractivity contribution >= 4 is 16.9 Å². The molecule has 26 heavy (non-hydrogen) atoms. The number of carbonyl (C=O) groups is 1. The van der Waals surface area contributed by atoms with Crippen LogP contribution >= 0.6 is 0 Å². The number of ether oxygens (including phenoxy) is 2. The van der Waals surface area contributed by atoms with E-state index in [1.807, 2.05) is 6.07 Å². The Labute approximate surface area is 152 Å². The molecule has 4 aliphatic heterocycles. The van der Waals surface area contributed by atoms with Crippen molar-refractivity contribution in [1.29, 1.82) is 0 Å². The second-order valence-corrected chi connectivity index (χ2v) is 8.45. The summed E-state index contributed by atoms with van der Waals surface area (Å²) in [6, 6.07) is 8.52. The second-order valence-electron chi connectivity index (χ2n) is 8.45. The Kier molecular flexibility index (Phi) is 2.87. The average molecular weight is 352 g/mol. The number of hydrogen-bond donors (Lipinski definition) is 1. The maximum Gasteiger partial charge on any atom is 0.319 e. The van der Waals surface area contributed by atoms with Gasteiger partial charge in [-0.25, -0.2) is 0 Å². The van der Waals surface area contributed by atoms with Crippen LogP contribution in [0.4, 0.5) is 0 Å². The van der Waals surface area contributed by atoms with Crippen LogP contribution in [0.3, 0.4) is 0 Å². The third-order valence-corrected chi connectivity index (χ3v) is 7.50. The molecule has 136 valence electrons. The molecule has 1 saturated carbocycles. The largest absolute Gasteiger partial charge is 0.468 e. The van der Waals surface area contributed by atoms with Crippen LogP contribution in [-0.4, -0.2) is 41.8 Å². The van der Waals surface area contributed by atoms with E-state index in [1.165, 1.54) is 18.1 Å². The van der Waals surface area contributed by atoms with Crippen LogP contribution in [-0.2, 0) is 19.7 Å². The molecular weight excluding hydrogens is 328 g/mol. The van der Waals surface area contributed by atoms with Crippen molar-refractivity contribution in [3.8, 4) is 0 Å². The van der Waals surface area contributed by atoms with Gasteiger partial charge in [-0.3, -0.25) is 9.69 Å². The minimum absolute atomic E-state index is 0.0404. The van der Waals surface area contributed by atoms with Crippen LogP contribution in [0, 0.1) is 11.8 Å². The van der Waals surface area contributed by atoms with Gasteiger partial charge in [0.25, 0.3) is 0 Å². The Morgan fingerprint density at radius 1 is 1.42 bits per heavy atom. The van der Waals surface area contributed by atoms with E-state index in [4.69, 9.17) is 9.47 Å². The van der Waals surface area contributed by atoms with Gasteiger partial charge in [0.2, 0.25) is 0 Å². The third-order valence-electron chi connectivity index (χ3n) is 7.50. The number of methoxy groups -OCH3 is 1. The first kappa shape index (κ1) is 15.2. The zero-order valence-electron chi connectivity index (χ0n) is 15.2. The number of carbonyl (C=O) groups excluding carboxylic acids is 1. The molecule has 1 aliphatic carbocycles. The standard InChI is InChI=1S/C21H24N2O3/c1-3-11-8-12-9-21(20(24)25-2)17-16(13-6-4-5-7-14(13)22-17)15-10-23(18(11)21)19(12)26-15/h4-7,11-12,15,18-19,22H,3,8-10H2,1-2H3/t11-,12+,15-,18-,19-,21+/m0/s1. The first-order chi connectivity index (χ1) is 12.7. The quantitative estimate of drug-likeness (QED) is 0.844. The normalized spacial score (nSPS) is 42.1. The number of aromatic nitrogens is 1. The van der Waals surface area contributed by atoms with Gasteiger partial charge in [0.15, 0.2) is 0 Å². The van der Waals surface area contributed by atoms with Gasteiger partial charge < -0.3 is 14.5 Å². The lowest BCUT2D eigenvalue weighted by molar-refractivity contribution is -0.189. The van der Waals surface area contributed by atoms with Gasteiger partial charge in [0.1, 0.15) is 11.6 Å². The first-order valence-electron chi connectivity index (χ1n) is 9.79. The fourth-order valence-corrected chi connectivity index (χ4v) is 6.68. The topological polar surface area (TPSA) is 54.6 Å². The summed E-state index contributed by atoms with van der Waals surface area (Å²) < 4.78 is 12.0. The summed E-state index contributed by atoms with van der Waals surface area (Å²) in [4.78, 5) is 19.5. The summed E-state index contributed by atoms with van der Waals surface area (Å²) in [5.41, 5.74) is 2.75. The number of fused-ring (bicyclic) bond motifs is 6. The monoisotopic (exact) mass is 352 g/mol. The van der Waals surface area contributed by atoms with E-state index >= 15 is 0 Å². The number of aromatic amines is 1. The predicted octanol–water partition coefficient (Wildman–Crippen LogP) is 3.11. The van der Waals surface area contributed by atoms with Gasteiger partial charge >= 0.3 is 5.97 Å². The van der Waals surface area contributed by atoms with Crippen LogP contribution < -0.4 is 0 Å². The maximum absolute atomic E-state index is 13.4. The molecular formula is C21H24N2O3. The molecule has 5 nitrogen and oxygen atoms in total. The molecule has 5 heteroatoms. The van der Waals surface area contributed by atoms with E-state index in [-0.39, 0.29) is 24.3 Å². The fraction of sp³-hybridized carbons (Fsp3) is 0.571. The smallest absolute Gasteiger partial charge is 0.319 e. The van der Waals surface area contributed by atoms with Crippen LogP contribution in [0.5, 0.6) is 0 Å². The number of nitrogens with zero attached hydrogens (tertiary/aromatic N) is 1. The number of para-hydroxylation sites is 1. The summed E-state index contributed by atoms with van der Waals surface area (Å²) in [5.74, 6) is 0.821. The maximum atomic E-state index is 13.4. The Balaban J connectivity index is 1.71. The van der Waals surface area contributed by atoms with Crippen LogP contribution in [0.15, 0.2) is 24.3 Å². The summed E-state index contributed by atoms with van der Waals surface area (Å²) in [6.45, 7) is 3.14. The fourth-order valence-electron chi connectivity index (χ4n) is 6.68. The van der Waals surface area contributed by atoms with Crippen molar-refractivity contribution in [1.82, 2.24) is 9.88 Å². The zero-order valence-corrected chi connectivity index (χ0v) is 15.2. The average Bonchev–Trinajstić information content (AvgIpc) is 3.26. The molecule has 5 aliphatic rings. The highest BCUT2D eigenvalue weighted by atomic mass is 16.5. The Hall–Kier alpha value is -1.85. The van der Waals surface area contributed by atoms with Gasteiger partial charge in [-0.2, -0.15) is 0 Å². The van der Waals surface area contributed by atoms with Crippen molar-refractivity contribution in [3.05, 3.63) is 35.5 Å². The van der Waals surface area contributed by atoms with E-state index in [0.717, 1.165) is 37.0 Å². The lowest BCUT2D eigenvalue weighted by Gasteiger charge is -2.59. The molecule has 1 N–H and O–H groups in total. The van der Waals surface area contributed by atoms with E-state index in [0.29, 0.717) is 11.8 Å². The molecule has 0 amide bonds. The summed E-state index contributed by atoms with van der Waals surface area (Å²) in [6.07, 6.45) is 3.27. The third kappa shape index (κ3) is 1.54. The molecule has 0 spiro atoms. The molecule has 5 heterocycles. The van der Waals surface area contributed by atoms with Gasteiger partial charge in [-0.1, -0.05) is 31.5 Å². The Bertz CT molecular complexity index is 921. The number of rotatable bonds is 2. The highest BCUT2D eigenvalue weighted by Crippen LogP contribution is 2.62. The van der Waals surface area contributed by atoms with E-state index in [2.05, 4.69) is 35.0 Å². The highest BCUT2D eigenvalue weighted by Gasteiger charge is 2.69. The van der Waals surface area contributed by atoms with Gasteiger partial charge in [-0.05, 0) is 24.8 Å². The van der Waals surface area contributed by atoms with Crippen molar-refractivity contribution in [2.45, 2.75) is 50.0 Å². The number of hydrogen-bond acceptors (Lipinski definition) is 4. The predicted molar refractivity (Wildman–Crippen MR) is 96.6 cm³/mol. The molecule has 0 radical (unpaired) electrons. The van der Waals surface area contributed by atoms with Crippen molar-refractivity contribution < 1.29 is 14.3 Å². The zero-order chi connectivity index (χ0) is 17.6. The van der Waals surface area contributed by atoms with Crippen LogP contribution in [0.25, 0.3) is 10.9 Å². The van der Waals surface area contributed by atoms with Crippen molar-refractivity contribution in [2.75, 3.05) is 13.7 Å². The van der Waals surface area contributed by atoms with Crippen LogP contribution in [0.1, 0.15) is 43.5 Å². The number of piperidine rings is 2. The first-order valence-corrected chi connectivity index (χ1v) is 9.79. The number of H-pyrrole nitrogens is 1.